The number of anilines is 1. The highest BCUT2D eigenvalue weighted by molar-refractivity contribution is 7.90. The molecular formula is C32H33FN6O5S. The fourth-order valence-corrected chi connectivity index (χ4v) is 8.32. The summed E-state index contributed by atoms with van der Waals surface area (Å²) in [4.78, 5) is 22.2. The molecule has 0 saturated heterocycles. The average Bonchev–Trinajstić information content (AvgIpc) is 3.64. The molecule has 3 aliphatic rings. The summed E-state index contributed by atoms with van der Waals surface area (Å²) < 4.78 is 50.3. The van der Waals surface area contributed by atoms with E-state index in [0.717, 1.165) is 41.4 Å². The number of nitrogens with zero attached hydrogens (tertiary/aromatic N) is 5. The van der Waals surface area contributed by atoms with Crippen molar-refractivity contribution in [1.82, 2.24) is 23.6 Å². The van der Waals surface area contributed by atoms with Crippen molar-refractivity contribution in [3.63, 3.8) is 0 Å². The molecule has 13 heteroatoms. The number of hydrogen-bond acceptors (Lipinski definition) is 9. The summed E-state index contributed by atoms with van der Waals surface area (Å²) in [7, 11) is -4.12. The third-order valence-electron chi connectivity index (χ3n) is 9.18. The number of esters is 1. The van der Waals surface area contributed by atoms with E-state index in [1.807, 2.05) is 6.92 Å². The average molecular weight is 633 g/mol. The van der Waals surface area contributed by atoms with Crippen LogP contribution in [0.3, 0.4) is 0 Å². The van der Waals surface area contributed by atoms with Crippen LogP contribution < -0.4 is 5.32 Å². The Hall–Kier alpha value is -4.36. The van der Waals surface area contributed by atoms with Crippen LogP contribution in [-0.2, 0) is 26.2 Å². The Balaban J connectivity index is 1.39. The van der Waals surface area contributed by atoms with Gasteiger partial charge >= 0.3 is 5.97 Å². The monoisotopic (exact) mass is 632 g/mol. The third-order valence-corrected chi connectivity index (χ3v) is 10.8. The van der Waals surface area contributed by atoms with Crippen molar-refractivity contribution in [2.45, 2.75) is 57.1 Å². The quantitative estimate of drug-likeness (QED) is 0.233. The Kier molecular flexibility index (Phi) is 7.32. The fourth-order valence-electron chi connectivity index (χ4n) is 6.99. The summed E-state index contributed by atoms with van der Waals surface area (Å²) in [5.41, 5.74) is 2.35. The number of pyridine rings is 1. The fraction of sp³-hybridized carbons (Fsp3) is 0.375. The molecule has 5 aromatic rings. The van der Waals surface area contributed by atoms with Gasteiger partial charge in [0.05, 0.1) is 30.2 Å². The van der Waals surface area contributed by atoms with Crippen LogP contribution in [0.25, 0.3) is 27.9 Å². The van der Waals surface area contributed by atoms with Crippen molar-refractivity contribution < 1.29 is 27.4 Å². The lowest BCUT2D eigenvalue weighted by Gasteiger charge is -2.47. The number of carbonyl (C=O) groups excluding carboxylic acids is 1. The molecule has 11 nitrogen and oxygen atoms in total. The Bertz CT molecular complexity index is 2030. The van der Waals surface area contributed by atoms with E-state index in [2.05, 4.69) is 15.4 Å². The van der Waals surface area contributed by atoms with Crippen LogP contribution >= 0.6 is 0 Å². The first-order chi connectivity index (χ1) is 21.7. The van der Waals surface area contributed by atoms with Gasteiger partial charge in [0.25, 0.3) is 10.0 Å². The summed E-state index contributed by atoms with van der Waals surface area (Å²) in [6.07, 6.45) is 7.86. The number of carbonyl (C=O) groups is 1. The summed E-state index contributed by atoms with van der Waals surface area (Å²) in [6.45, 7) is 3.71. The molecule has 234 valence electrons. The van der Waals surface area contributed by atoms with Crippen LogP contribution in [0, 0.1) is 30.5 Å². The smallest absolute Gasteiger partial charge is 0.311 e. The molecule has 4 heterocycles. The minimum Gasteiger partial charge on any atom is -0.466 e. The zero-order chi connectivity index (χ0) is 31.5. The van der Waals surface area contributed by atoms with E-state index in [1.165, 1.54) is 24.4 Å². The number of aliphatic hydroxyl groups excluding tert-OH is 1. The van der Waals surface area contributed by atoms with Gasteiger partial charge in [-0.05, 0) is 81.2 Å². The number of benzene rings is 1. The molecule has 1 unspecified atom stereocenters. The first-order valence-corrected chi connectivity index (χ1v) is 16.5. The lowest BCUT2D eigenvalue weighted by Crippen LogP contribution is -2.52. The van der Waals surface area contributed by atoms with Gasteiger partial charge in [-0.1, -0.05) is 17.7 Å². The first kappa shape index (κ1) is 29.4. The van der Waals surface area contributed by atoms with Gasteiger partial charge in [-0.2, -0.15) is 0 Å². The standard InChI is InChI=1S/C32H33FN6O5S/c1-3-44-32(41)27-20-6-8-21(9-7-20)28(27)35-30-26-12-19(17-40)15-38(26)37-29(36-30)25-16-39(31-24(25)13-22(33)14-34-31)45(42,43)23-10-4-18(2)5-11-23/h4-5,10-16,20-21,27-28,40H,3,6-9,17H2,1-2H3,(H,35,36,37)/t20-,21+,27-,28?/m0/s1. The molecule has 0 amide bonds. The van der Waals surface area contributed by atoms with Gasteiger partial charge in [-0.25, -0.2) is 31.3 Å². The van der Waals surface area contributed by atoms with Crippen LogP contribution in [0.4, 0.5) is 10.2 Å². The molecule has 1 aromatic carbocycles. The molecule has 8 rings (SSSR count). The van der Waals surface area contributed by atoms with E-state index in [4.69, 9.17) is 9.72 Å². The predicted molar refractivity (Wildman–Crippen MR) is 164 cm³/mol. The number of ether oxygens (including phenoxy) is 1. The van der Waals surface area contributed by atoms with Crippen molar-refractivity contribution in [3.05, 3.63) is 71.9 Å². The Morgan fingerprint density at radius 2 is 1.84 bits per heavy atom. The molecule has 2 atom stereocenters. The van der Waals surface area contributed by atoms with Crippen molar-refractivity contribution in [1.29, 1.82) is 0 Å². The Morgan fingerprint density at radius 1 is 1.11 bits per heavy atom. The second-order valence-electron chi connectivity index (χ2n) is 11.9. The van der Waals surface area contributed by atoms with Crippen molar-refractivity contribution in [3.8, 4) is 11.4 Å². The van der Waals surface area contributed by atoms with Gasteiger partial charge in [0.1, 0.15) is 11.3 Å². The number of hydrogen-bond donors (Lipinski definition) is 2. The third kappa shape index (κ3) is 5.03. The molecule has 4 aromatic heterocycles. The lowest BCUT2D eigenvalue weighted by atomic mass is 9.61. The van der Waals surface area contributed by atoms with E-state index >= 15 is 0 Å². The van der Waals surface area contributed by atoms with Crippen LogP contribution in [0.1, 0.15) is 43.7 Å². The summed E-state index contributed by atoms with van der Waals surface area (Å²) in [5, 5.41) is 18.4. The molecule has 2 bridgehead atoms. The van der Waals surface area contributed by atoms with Gasteiger partial charge in [0, 0.05) is 29.4 Å². The number of rotatable bonds is 8. The molecule has 3 aliphatic carbocycles. The van der Waals surface area contributed by atoms with Crippen LogP contribution in [0.2, 0.25) is 0 Å². The van der Waals surface area contributed by atoms with Crippen LogP contribution in [0.5, 0.6) is 0 Å². The zero-order valence-corrected chi connectivity index (χ0v) is 25.7. The van der Waals surface area contributed by atoms with Crippen molar-refractivity contribution >= 4 is 38.4 Å². The predicted octanol–water partition coefficient (Wildman–Crippen LogP) is 4.70. The number of fused-ring (bicyclic) bond motifs is 5. The van der Waals surface area contributed by atoms with E-state index < -0.39 is 15.8 Å². The molecule has 3 saturated carbocycles. The highest BCUT2D eigenvalue weighted by Crippen LogP contribution is 2.47. The maximum absolute atomic E-state index is 14.6. The number of halogens is 1. The zero-order valence-electron chi connectivity index (χ0n) is 24.9. The summed E-state index contributed by atoms with van der Waals surface area (Å²) in [6, 6.07) is 9.17. The molecule has 0 radical (unpaired) electrons. The second-order valence-corrected chi connectivity index (χ2v) is 13.7. The number of nitrogens with one attached hydrogen (secondary N) is 1. The normalized spacial score (nSPS) is 21.4. The summed E-state index contributed by atoms with van der Waals surface area (Å²) in [5.74, 6) is -0.257. The molecular weight excluding hydrogens is 599 g/mol. The number of aliphatic hydroxyl groups is 1. The van der Waals surface area contributed by atoms with Gasteiger partial charge in [0.2, 0.25) is 0 Å². The topological polar surface area (TPSA) is 141 Å². The highest BCUT2D eigenvalue weighted by Gasteiger charge is 2.48. The maximum Gasteiger partial charge on any atom is 0.311 e. The van der Waals surface area contributed by atoms with Gasteiger partial charge < -0.3 is 15.2 Å². The molecule has 0 spiro atoms. The Labute approximate surface area is 259 Å². The summed E-state index contributed by atoms with van der Waals surface area (Å²) >= 11 is 0. The van der Waals surface area contributed by atoms with Gasteiger partial charge in [-0.15, -0.1) is 5.10 Å². The minimum atomic E-state index is -4.12. The molecule has 2 N–H and O–H groups in total. The van der Waals surface area contributed by atoms with Crippen molar-refractivity contribution in [2.75, 3.05) is 11.9 Å². The van der Waals surface area contributed by atoms with E-state index in [-0.39, 0.29) is 63.7 Å². The van der Waals surface area contributed by atoms with Gasteiger partial charge in [-0.3, -0.25) is 4.79 Å². The maximum atomic E-state index is 14.6. The molecule has 45 heavy (non-hydrogen) atoms. The highest BCUT2D eigenvalue weighted by atomic mass is 32.2. The van der Waals surface area contributed by atoms with Crippen LogP contribution in [-0.4, -0.2) is 55.7 Å². The Morgan fingerprint density at radius 3 is 2.56 bits per heavy atom. The van der Waals surface area contributed by atoms with Crippen LogP contribution in [0.15, 0.2) is 59.9 Å². The van der Waals surface area contributed by atoms with Gasteiger partial charge in [0.15, 0.2) is 17.3 Å². The molecule has 0 aliphatic heterocycles. The van der Waals surface area contributed by atoms with Crippen molar-refractivity contribution in [2.24, 2.45) is 17.8 Å². The second kappa shape index (κ2) is 11.2. The SMILES string of the molecule is CCOC(=O)[C@@H]1C(Nc2nc(-c3cn(S(=O)(=O)c4ccc(C)cc4)c4ncc(F)cc34)nn3cc(CO)cc23)[C@H]2CC[C@@H]1CC2. The minimum absolute atomic E-state index is 0.0284. The van der Waals surface area contributed by atoms with E-state index in [1.54, 1.807) is 35.8 Å². The molecule has 3 fully saturated rings. The number of aromatic nitrogens is 5. The number of aryl methyl sites for hydroxylation is 1. The lowest BCUT2D eigenvalue weighted by molar-refractivity contribution is -0.154. The van der Waals surface area contributed by atoms with E-state index in [0.29, 0.717) is 23.5 Å². The largest absolute Gasteiger partial charge is 0.466 e. The van der Waals surface area contributed by atoms with E-state index in [9.17, 15) is 22.7 Å². The first-order valence-electron chi connectivity index (χ1n) is 15.1.